The quantitative estimate of drug-likeness (QED) is 0.0321. The van der Waals surface area contributed by atoms with Gasteiger partial charge < -0.3 is 50.4 Å². The van der Waals surface area contributed by atoms with E-state index in [-0.39, 0.29) is 63.9 Å². The van der Waals surface area contributed by atoms with Gasteiger partial charge in [0.15, 0.2) is 9.84 Å². The third-order valence-electron chi connectivity index (χ3n) is 18.5. The molecule has 0 aromatic heterocycles. The first kappa shape index (κ1) is 69.0. The lowest BCUT2D eigenvalue weighted by molar-refractivity contribution is 0.0505. The number of nitriles is 2. The third-order valence-corrected chi connectivity index (χ3v) is 22.4. The van der Waals surface area contributed by atoms with Crippen molar-refractivity contribution >= 4 is 55.1 Å². The maximum atomic E-state index is 13.6. The summed E-state index contributed by atoms with van der Waals surface area (Å²) < 4.78 is 82.0. The van der Waals surface area contributed by atoms with Gasteiger partial charge in [-0.05, 0) is 185 Å². The molecule has 4 saturated heterocycles. The number of sulfone groups is 1. The summed E-state index contributed by atoms with van der Waals surface area (Å²) in [6.45, 7) is 15.9. The fourth-order valence-electron chi connectivity index (χ4n) is 13.9. The number of nitrogens with one attached hydrogen (secondary N) is 6. The molecular weight excluding hydrogens is 1260 g/mol. The van der Waals surface area contributed by atoms with E-state index in [0.29, 0.717) is 162 Å². The van der Waals surface area contributed by atoms with E-state index in [1.807, 2.05) is 12.1 Å². The summed E-state index contributed by atoms with van der Waals surface area (Å²) in [7, 11) is -7.36. The second-order valence-electron chi connectivity index (χ2n) is 25.4. The Balaban J connectivity index is 0.525. The Kier molecular flexibility index (Phi) is 24.4. The summed E-state index contributed by atoms with van der Waals surface area (Å²) in [4.78, 5) is 34.3. The molecule has 0 radical (unpaired) electrons. The zero-order chi connectivity index (χ0) is 64.8. The molecule has 2 aliphatic carbocycles. The van der Waals surface area contributed by atoms with E-state index < -0.39 is 19.9 Å². The first-order valence-electron chi connectivity index (χ1n) is 32.5. The minimum atomic E-state index is -3.81. The van der Waals surface area contributed by atoms with Gasteiger partial charge in [0.2, 0.25) is 10.0 Å². The molecule has 22 nitrogen and oxygen atoms in total. The Bertz CT molecular complexity index is 3260. The van der Waals surface area contributed by atoms with E-state index in [1.54, 1.807) is 60.7 Å². The number of hydrogen-bond acceptors (Lipinski definition) is 17. The zero-order valence-electron chi connectivity index (χ0n) is 52.7. The first-order valence-corrected chi connectivity index (χ1v) is 36.4. The van der Waals surface area contributed by atoms with Gasteiger partial charge in [-0.2, -0.15) is 10.5 Å². The molecule has 4 aromatic carbocycles. The van der Waals surface area contributed by atoms with Crippen molar-refractivity contribution in [3.63, 3.8) is 0 Å². The molecule has 498 valence electrons. The van der Waals surface area contributed by atoms with Crippen LogP contribution in [-0.4, -0.2) is 203 Å². The summed E-state index contributed by atoms with van der Waals surface area (Å²) in [6.07, 6.45) is 5.68. The van der Waals surface area contributed by atoms with Gasteiger partial charge in [-0.25, -0.2) is 31.1 Å². The van der Waals surface area contributed by atoms with Crippen molar-refractivity contribution in [1.29, 1.82) is 10.5 Å². The van der Waals surface area contributed by atoms with E-state index in [4.69, 9.17) is 42.1 Å². The molecule has 92 heavy (non-hydrogen) atoms. The average molecular weight is 1340 g/mol. The highest BCUT2D eigenvalue weighted by Crippen LogP contribution is 2.44. The van der Waals surface area contributed by atoms with Gasteiger partial charge in [0.1, 0.15) is 23.7 Å². The van der Waals surface area contributed by atoms with Crippen molar-refractivity contribution in [2.75, 3.05) is 130 Å². The van der Waals surface area contributed by atoms with Crippen molar-refractivity contribution in [3.05, 3.63) is 116 Å². The van der Waals surface area contributed by atoms with E-state index in [0.717, 1.165) is 74.4 Å². The maximum absolute atomic E-state index is 13.6. The number of benzene rings is 4. The van der Waals surface area contributed by atoms with Crippen LogP contribution < -0.4 is 40.8 Å². The van der Waals surface area contributed by atoms with Gasteiger partial charge in [0.05, 0.1) is 77.3 Å². The van der Waals surface area contributed by atoms with Gasteiger partial charge in [-0.15, -0.1) is 0 Å². The number of rotatable bonds is 29. The lowest BCUT2D eigenvalue weighted by Crippen LogP contribution is -2.54. The minimum Gasteiger partial charge on any atom is -0.484 e. The number of carbonyl (C=O) groups excluding carboxylic acids is 2. The largest absolute Gasteiger partial charge is 0.484 e. The van der Waals surface area contributed by atoms with E-state index >= 15 is 0 Å². The number of fused-ring (bicyclic) bond motifs is 2. The van der Waals surface area contributed by atoms with Crippen LogP contribution in [0.15, 0.2) is 82.6 Å². The molecule has 10 rings (SSSR count). The van der Waals surface area contributed by atoms with Gasteiger partial charge in [0.25, 0.3) is 0 Å². The number of piperazine rings is 1. The van der Waals surface area contributed by atoms with Crippen LogP contribution in [0.4, 0.5) is 9.59 Å². The fourth-order valence-corrected chi connectivity index (χ4v) is 17.2. The molecule has 0 saturated carbocycles. The van der Waals surface area contributed by atoms with E-state index in [1.165, 1.54) is 6.42 Å². The predicted molar refractivity (Wildman–Crippen MR) is 351 cm³/mol. The van der Waals surface area contributed by atoms with Crippen molar-refractivity contribution in [2.45, 2.75) is 111 Å². The van der Waals surface area contributed by atoms with Gasteiger partial charge in [-0.3, -0.25) is 14.7 Å². The number of piperidine rings is 1. The first-order chi connectivity index (χ1) is 44.4. The molecule has 26 heteroatoms. The lowest BCUT2D eigenvalue weighted by Gasteiger charge is -2.38. The number of nitrogens with zero attached hydrogens (tertiary/aromatic N) is 6. The van der Waals surface area contributed by atoms with Gasteiger partial charge >= 0.3 is 12.1 Å². The molecular formula is C66H88Cl2N12O10S2. The van der Waals surface area contributed by atoms with E-state index in [2.05, 4.69) is 76.9 Å². The molecule has 8 atom stereocenters. The Morgan fingerprint density at radius 2 is 1.14 bits per heavy atom. The summed E-state index contributed by atoms with van der Waals surface area (Å²) in [5.41, 5.74) is 4.84. The highest BCUT2D eigenvalue weighted by molar-refractivity contribution is 7.91. The van der Waals surface area contributed by atoms with Crippen LogP contribution in [0.2, 0.25) is 10.0 Å². The summed E-state index contributed by atoms with van der Waals surface area (Å²) in [6, 6.07) is 24.5. The molecule has 4 aromatic rings. The Morgan fingerprint density at radius 1 is 0.620 bits per heavy atom. The number of amides is 4. The van der Waals surface area contributed by atoms with Crippen LogP contribution in [-0.2, 0) is 42.2 Å². The predicted octanol–water partition coefficient (Wildman–Crippen LogP) is 6.41. The van der Waals surface area contributed by atoms with Crippen LogP contribution >= 0.6 is 23.2 Å². The number of halogens is 2. The SMILES string of the molecule is C[C@H]1CCCN([C@H]2Cc3c(C#N)cc(Cl)cc3[C@@H]2Oc2ccc(S(=O)(=O)C[C@@H]3CCN(CCOCCNC(=O)NCCCCNC(=O)NCCOCCN4CC[C@@H](NS(=O)(=O)c5ccc(O[C@H]6c7cc(Cl)cc(C#N)c7C[C@@H]6N6CCN[C@H](C)C6)cc5)C4)C3)cc2)C1. The topological polar surface area (TPSA) is 272 Å². The van der Waals surface area contributed by atoms with Gasteiger partial charge in [0, 0.05) is 101 Å². The van der Waals surface area contributed by atoms with Crippen LogP contribution in [0.5, 0.6) is 11.5 Å². The highest BCUT2D eigenvalue weighted by Gasteiger charge is 2.43. The summed E-state index contributed by atoms with van der Waals surface area (Å²) >= 11 is 13.0. The standard InChI is InChI=1S/C66H88Cl2N12O10S2/c1-45-6-5-22-79(40-45)61-36-57-48(38-69)32-50(67)34-59(57)63(61)89-53-7-11-55(12-8-53)91(83,84)44-47-15-23-77(42-47)26-30-87-28-20-74-65(81)72-17-3-4-18-73-66(82)75-21-29-88-31-27-78-24-16-52(43-78)76-92(85,86)56-13-9-54(10-14-56)90-64-60-35-51(68)33-49(39-70)58(60)37-62(64)80-25-19-71-46(2)41-80/h7-14,32-35,45-47,52,61-64,71,76H,3-6,15-31,36-37,40-44H2,1-2H3,(H2,72,74,81)(H2,73,75,82)/t45-,46+,47+,52+,61-,62-,63-,64-/m0/s1. The summed E-state index contributed by atoms with van der Waals surface area (Å²) in [5, 5.41) is 35.5. The van der Waals surface area contributed by atoms with Crippen molar-refractivity contribution in [3.8, 4) is 23.6 Å². The van der Waals surface area contributed by atoms with Crippen molar-refractivity contribution < 1.29 is 45.4 Å². The Labute approximate surface area is 552 Å². The molecule has 0 unspecified atom stereocenters. The van der Waals surface area contributed by atoms with Crippen molar-refractivity contribution in [1.82, 2.24) is 50.9 Å². The number of sulfonamides is 1. The van der Waals surface area contributed by atoms with Crippen molar-refractivity contribution in [2.24, 2.45) is 11.8 Å². The molecule has 4 amide bonds. The lowest BCUT2D eigenvalue weighted by atomic mass is 9.97. The molecule has 4 aliphatic heterocycles. The molecule has 0 spiro atoms. The molecule has 6 N–H and O–H groups in total. The normalized spacial score (nSPS) is 23.7. The average Bonchev–Trinajstić information content (AvgIpc) is 1.62. The number of unbranched alkanes of at least 4 members (excludes halogenated alkanes) is 1. The van der Waals surface area contributed by atoms with Crippen LogP contribution in [0, 0.1) is 34.5 Å². The number of carbonyl (C=O) groups is 2. The number of urea groups is 2. The van der Waals surface area contributed by atoms with Gasteiger partial charge in [-0.1, -0.05) is 30.1 Å². The Hall–Kier alpha value is -5.84. The molecule has 4 heterocycles. The smallest absolute Gasteiger partial charge is 0.314 e. The molecule has 4 fully saturated rings. The molecule has 6 aliphatic rings. The van der Waals surface area contributed by atoms with Crippen LogP contribution in [0.25, 0.3) is 0 Å². The second-order valence-corrected chi connectivity index (χ2v) is 30.0. The van der Waals surface area contributed by atoms with Crippen LogP contribution in [0.1, 0.15) is 98.0 Å². The number of ether oxygens (including phenoxy) is 4. The second kappa shape index (κ2) is 32.5. The number of likely N-dealkylation sites (tertiary alicyclic amines) is 3. The fraction of sp³-hybridized carbons (Fsp3) is 0.576. The Morgan fingerprint density at radius 3 is 1.68 bits per heavy atom. The van der Waals surface area contributed by atoms with E-state index in [9.17, 15) is 36.9 Å². The molecule has 0 bridgehead atoms. The maximum Gasteiger partial charge on any atom is 0.314 e. The third kappa shape index (κ3) is 18.5. The summed E-state index contributed by atoms with van der Waals surface area (Å²) in [5.74, 6) is 1.71. The highest BCUT2D eigenvalue weighted by atomic mass is 35.5. The van der Waals surface area contributed by atoms with Crippen LogP contribution in [0.3, 0.4) is 0 Å². The monoisotopic (exact) mass is 1340 g/mol. The number of hydrogen-bond donors (Lipinski definition) is 6. The minimum absolute atomic E-state index is 0.00645. The zero-order valence-corrected chi connectivity index (χ0v) is 55.8.